The molecule has 1 aromatic heterocycles. The number of nitrogens with zero attached hydrogens (tertiary/aromatic N) is 4. The summed E-state index contributed by atoms with van der Waals surface area (Å²) >= 11 is 9.48. The van der Waals surface area contributed by atoms with Gasteiger partial charge in [-0.2, -0.15) is 5.26 Å². The van der Waals surface area contributed by atoms with Gasteiger partial charge in [-0.15, -0.1) is 0 Å². The zero-order chi connectivity index (χ0) is 16.7. The molecule has 24 heavy (non-hydrogen) atoms. The molecule has 0 saturated carbocycles. The largest absolute Gasteiger partial charge is 0.353 e. The van der Waals surface area contributed by atoms with E-state index < -0.39 is 0 Å². The molecule has 1 aromatic carbocycles. The highest BCUT2D eigenvalue weighted by Gasteiger charge is 2.24. The maximum atomic E-state index is 9.46. The van der Waals surface area contributed by atoms with Gasteiger partial charge in [-0.1, -0.05) is 11.6 Å². The second-order valence-corrected chi connectivity index (χ2v) is 6.59. The molecule has 1 aliphatic carbocycles. The first-order valence-electron chi connectivity index (χ1n) is 7.11. The van der Waals surface area contributed by atoms with Crippen molar-refractivity contribution >= 4 is 57.0 Å². The minimum atomic E-state index is 0.467. The topological polar surface area (TPSA) is 73.4 Å². The molecular formula is C17H9BrClN5. The summed E-state index contributed by atoms with van der Waals surface area (Å²) in [6.07, 6.45) is 5.64. The molecule has 0 spiro atoms. The molecule has 2 heterocycles. The van der Waals surface area contributed by atoms with Crippen molar-refractivity contribution < 1.29 is 0 Å². The summed E-state index contributed by atoms with van der Waals surface area (Å²) in [4.78, 5) is 12.9. The van der Waals surface area contributed by atoms with E-state index in [1.807, 2.05) is 12.1 Å². The molecule has 1 N–H and O–H groups in total. The lowest BCUT2D eigenvalue weighted by molar-refractivity contribution is 1.11. The first-order chi connectivity index (χ1) is 11.7. The van der Waals surface area contributed by atoms with Crippen LogP contribution in [0.15, 0.2) is 44.6 Å². The predicted molar refractivity (Wildman–Crippen MR) is 99.0 cm³/mol. The van der Waals surface area contributed by atoms with E-state index in [-0.39, 0.29) is 0 Å². The van der Waals surface area contributed by atoms with Gasteiger partial charge in [0.05, 0.1) is 34.0 Å². The van der Waals surface area contributed by atoms with E-state index in [2.05, 4.69) is 42.3 Å². The van der Waals surface area contributed by atoms with E-state index in [0.29, 0.717) is 22.7 Å². The Kier molecular flexibility index (Phi) is 3.68. The van der Waals surface area contributed by atoms with Crippen LogP contribution in [0.1, 0.15) is 16.8 Å². The Morgan fingerprint density at radius 3 is 3.00 bits per heavy atom. The lowest BCUT2D eigenvalue weighted by atomic mass is 9.95. The third kappa shape index (κ3) is 2.52. The van der Waals surface area contributed by atoms with Crippen LogP contribution in [0, 0.1) is 11.3 Å². The average Bonchev–Trinajstić information content (AvgIpc) is 3.03. The van der Waals surface area contributed by atoms with Crippen LogP contribution in [0.2, 0.25) is 5.02 Å². The number of aromatic nitrogens is 1. The Labute approximate surface area is 151 Å². The zero-order valence-electron chi connectivity index (χ0n) is 12.2. The van der Waals surface area contributed by atoms with Crippen LogP contribution in [-0.4, -0.2) is 17.0 Å². The predicted octanol–water partition coefficient (Wildman–Crippen LogP) is 4.49. The number of anilines is 2. The number of hydrogen-bond donors (Lipinski definition) is 1. The van der Waals surface area contributed by atoms with Crippen LogP contribution in [0.4, 0.5) is 11.4 Å². The summed E-state index contributed by atoms with van der Waals surface area (Å²) in [5.74, 6) is 0. The number of aliphatic imine (C=N–C) groups is 2. The van der Waals surface area contributed by atoms with Crippen molar-refractivity contribution in [1.82, 2.24) is 4.98 Å². The Bertz CT molecular complexity index is 1000. The number of allylic oxidation sites excluding steroid dienone is 1. The van der Waals surface area contributed by atoms with Crippen molar-refractivity contribution in [3.8, 4) is 6.07 Å². The van der Waals surface area contributed by atoms with Crippen LogP contribution in [0.5, 0.6) is 0 Å². The number of nitrogens with one attached hydrogen (secondary N) is 1. The maximum absolute atomic E-state index is 9.46. The van der Waals surface area contributed by atoms with E-state index in [1.54, 1.807) is 24.7 Å². The monoisotopic (exact) mass is 397 g/mol. The van der Waals surface area contributed by atoms with Crippen molar-refractivity contribution in [2.45, 2.75) is 6.42 Å². The summed E-state index contributed by atoms with van der Waals surface area (Å²) < 4.78 is 0.814. The summed E-state index contributed by atoms with van der Waals surface area (Å²) in [6.45, 7) is 0. The van der Waals surface area contributed by atoms with E-state index in [9.17, 15) is 5.26 Å². The molecule has 0 fully saturated rings. The quantitative estimate of drug-likeness (QED) is 0.810. The van der Waals surface area contributed by atoms with Gasteiger partial charge in [-0.25, -0.2) is 9.98 Å². The molecule has 1 aliphatic heterocycles. The summed E-state index contributed by atoms with van der Waals surface area (Å²) in [5.41, 5.74) is 5.44. The highest BCUT2D eigenvalue weighted by molar-refractivity contribution is 9.10. The van der Waals surface area contributed by atoms with Crippen molar-refractivity contribution in [3.05, 3.63) is 56.4 Å². The Balaban J connectivity index is 1.85. The highest BCUT2D eigenvalue weighted by Crippen LogP contribution is 2.35. The number of rotatable bonds is 2. The number of hydrogen-bond acceptors (Lipinski definition) is 5. The lowest BCUT2D eigenvalue weighted by Gasteiger charge is -2.19. The number of fused-ring (bicyclic) bond motifs is 2. The Hall–Kier alpha value is -2.49. The number of halogens is 2. The van der Waals surface area contributed by atoms with Gasteiger partial charge in [0.25, 0.3) is 0 Å². The van der Waals surface area contributed by atoms with Gasteiger partial charge in [-0.3, -0.25) is 4.98 Å². The van der Waals surface area contributed by atoms with Gasteiger partial charge in [0.2, 0.25) is 0 Å². The van der Waals surface area contributed by atoms with Crippen LogP contribution in [0.3, 0.4) is 0 Å². The Morgan fingerprint density at radius 1 is 1.33 bits per heavy atom. The highest BCUT2D eigenvalue weighted by atomic mass is 79.9. The Morgan fingerprint density at radius 2 is 2.21 bits per heavy atom. The van der Waals surface area contributed by atoms with Crippen molar-refractivity contribution in [3.63, 3.8) is 0 Å². The van der Waals surface area contributed by atoms with Gasteiger partial charge in [0.15, 0.2) is 0 Å². The fourth-order valence-corrected chi connectivity index (χ4v) is 3.44. The van der Waals surface area contributed by atoms with Crippen molar-refractivity contribution in [2.24, 2.45) is 9.98 Å². The van der Waals surface area contributed by atoms with Crippen LogP contribution in [0.25, 0.3) is 6.08 Å². The van der Waals surface area contributed by atoms with E-state index in [1.165, 1.54) is 0 Å². The zero-order valence-corrected chi connectivity index (χ0v) is 14.6. The van der Waals surface area contributed by atoms with E-state index >= 15 is 0 Å². The number of nitriles is 1. The minimum absolute atomic E-state index is 0.467. The molecule has 116 valence electrons. The third-order valence-corrected chi connectivity index (χ3v) is 4.72. The first kappa shape index (κ1) is 15.1. The third-order valence-electron chi connectivity index (χ3n) is 3.83. The van der Waals surface area contributed by atoms with E-state index in [0.717, 1.165) is 32.8 Å². The molecule has 0 radical (unpaired) electrons. The molecule has 2 aliphatic rings. The molecule has 0 bridgehead atoms. The molecule has 0 atom stereocenters. The van der Waals surface area contributed by atoms with Crippen LogP contribution < -0.4 is 5.32 Å². The molecule has 0 amide bonds. The SMILES string of the molecule is N#Cc1cnc2c(c1Nc1ccc(Cl)cc1Br)C=C1N=CN=C1C2. The van der Waals surface area contributed by atoms with Crippen LogP contribution in [-0.2, 0) is 6.42 Å². The average molecular weight is 399 g/mol. The van der Waals surface area contributed by atoms with E-state index in [4.69, 9.17) is 11.6 Å². The van der Waals surface area contributed by atoms with Gasteiger partial charge in [0, 0.05) is 27.7 Å². The summed E-state index contributed by atoms with van der Waals surface area (Å²) in [5, 5.41) is 13.4. The maximum Gasteiger partial charge on any atom is 0.116 e. The number of pyridine rings is 1. The van der Waals surface area contributed by atoms with Crippen molar-refractivity contribution in [1.29, 1.82) is 5.26 Å². The molecule has 5 nitrogen and oxygen atoms in total. The van der Waals surface area contributed by atoms with Gasteiger partial charge < -0.3 is 5.32 Å². The van der Waals surface area contributed by atoms with Gasteiger partial charge in [0.1, 0.15) is 12.4 Å². The molecule has 2 aromatic rings. The second-order valence-electron chi connectivity index (χ2n) is 5.29. The second kappa shape index (κ2) is 5.86. The lowest BCUT2D eigenvalue weighted by Crippen LogP contribution is -2.13. The summed E-state index contributed by atoms with van der Waals surface area (Å²) in [7, 11) is 0. The minimum Gasteiger partial charge on any atom is -0.353 e. The molecule has 0 saturated heterocycles. The molecule has 4 rings (SSSR count). The number of benzene rings is 1. The molecule has 7 heteroatoms. The normalized spacial score (nSPS) is 14.4. The molecule has 0 unspecified atom stereocenters. The molecular weight excluding hydrogens is 390 g/mol. The van der Waals surface area contributed by atoms with Gasteiger partial charge >= 0.3 is 0 Å². The van der Waals surface area contributed by atoms with Crippen LogP contribution >= 0.6 is 27.5 Å². The fourth-order valence-electron chi connectivity index (χ4n) is 2.66. The van der Waals surface area contributed by atoms with Gasteiger partial charge in [-0.05, 0) is 40.2 Å². The smallest absolute Gasteiger partial charge is 0.116 e. The fraction of sp³-hybridized carbons (Fsp3) is 0.0588. The summed E-state index contributed by atoms with van der Waals surface area (Å²) in [6, 6.07) is 7.64. The van der Waals surface area contributed by atoms with Crippen molar-refractivity contribution in [2.75, 3.05) is 5.32 Å². The first-order valence-corrected chi connectivity index (χ1v) is 8.28. The standard InChI is InChI=1S/C17H9BrClN5/c18-12-3-10(19)1-2-13(12)24-17-9(6-20)7-21-14-5-16-15(4-11(14)17)22-8-23-16/h1-4,7-8H,5H2,(H,21,24).